The van der Waals surface area contributed by atoms with Crippen molar-refractivity contribution < 1.29 is 28.7 Å². The summed E-state index contributed by atoms with van der Waals surface area (Å²) in [6.07, 6.45) is 15.1. The molecule has 1 aromatic heterocycles. The van der Waals surface area contributed by atoms with E-state index in [0.29, 0.717) is 59.6 Å². The predicted molar refractivity (Wildman–Crippen MR) is 240 cm³/mol. The fourth-order valence-corrected chi connectivity index (χ4v) is 9.85. The van der Waals surface area contributed by atoms with Crippen molar-refractivity contribution >= 4 is 52.7 Å². The monoisotopic (exact) mass is 857 g/mol. The number of nitrogens with zero attached hydrogens (tertiary/aromatic N) is 5. The molecule has 63 heavy (non-hydrogen) atoms. The molecular weight excluding hydrogens is 799 g/mol. The predicted octanol–water partition coefficient (Wildman–Crippen LogP) is 5.74. The van der Waals surface area contributed by atoms with Crippen molar-refractivity contribution in [1.29, 1.82) is 0 Å². The fraction of sp³-hybridized carbons (Fsp3) is 0.521. The average molecular weight is 858 g/mol. The third kappa shape index (κ3) is 9.66. The van der Waals surface area contributed by atoms with E-state index in [2.05, 4.69) is 43.0 Å². The minimum absolute atomic E-state index is 0.0733. The van der Waals surface area contributed by atoms with Crippen molar-refractivity contribution in [3.05, 3.63) is 64.8 Å². The Balaban J connectivity index is 0.747. The van der Waals surface area contributed by atoms with Crippen LogP contribution in [0.1, 0.15) is 135 Å². The van der Waals surface area contributed by atoms with Crippen LogP contribution in [-0.2, 0) is 20.9 Å². The number of ether oxygens (including phenoxy) is 1. The molecule has 3 aliphatic heterocycles. The highest BCUT2D eigenvalue weighted by atomic mass is 16.5. The van der Waals surface area contributed by atoms with E-state index in [9.17, 15) is 24.0 Å². The third-order valence-electron chi connectivity index (χ3n) is 13.4. The molecule has 8 rings (SSSR count). The van der Waals surface area contributed by atoms with Crippen molar-refractivity contribution in [3.63, 3.8) is 0 Å². The van der Waals surface area contributed by atoms with Crippen LogP contribution in [0.5, 0.6) is 5.75 Å². The van der Waals surface area contributed by atoms with Crippen molar-refractivity contribution in [2.45, 2.75) is 140 Å². The molecule has 3 aromatic rings. The number of piperidine rings is 1. The Hall–Kier alpha value is -6.01. The van der Waals surface area contributed by atoms with Crippen molar-refractivity contribution in [3.8, 4) is 17.6 Å². The topological polar surface area (TPSA) is 178 Å². The van der Waals surface area contributed by atoms with Crippen LogP contribution in [-0.4, -0.2) is 95.3 Å². The average Bonchev–Trinajstić information content (AvgIpc) is 3.94. The Labute approximate surface area is 369 Å². The maximum absolute atomic E-state index is 13.4. The number of methoxy groups -OCH3 is 1. The number of unbranched alkanes of at least 4 members (excludes halogenated alkanes) is 3. The first kappa shape index (κ1) is 43.6. The van der Waals surface area contributed by atoms with Crippen LogP contribution in [0.2, 0.25) is 0 Å². The zero-order valence-electron chi connectivity index (χ0n) is 36.6. The fourth-order valence-electron chi connectivity index (χ4n) is 9.85. The smallest absolute Gasteiger partial charge is 0.255 e. The van der Waals surface area contributed by atoms with Gasteiger partial charge in [0.05, 0.1) is 19.0 Å². The largest absolute Gasteiger partial charge is 0.495 e. The van der Waals surface area contributed by atoms with Crippen LogP contribution in [0, 0.1) is 11.8 Å². The molecule has 5 aliphatic rings. The second-order valence-electron chi connectivity index (χ2n) is 17.5. The van der Waals surface area contributed by atoms with Gasteiger partial charge in [0.2, 0.25) is 23.7 Å². The molecular formula is C48H59N9O6. The number of carbonyl (C=O) groups is 5. The van der Waals surface area contributed by atoms with E-state index in [-0.39, 0.29) is 48.2 Å². The molecule has 2 atom stereocenters. The molecule has 15 nitrogen and oxygen atoms in total. The molecule has 1 unspecified atom stereocenters. The molecule has 4 heterocycles. The van der Waals surface area contributed by atoms with E-state index in [1.165, 1.54) is 0 Å². The zero-order valence-corrected chi connectivity index (χ0v) is 36.6. The normalized spacial score (nSPS) is 22.3. The van der Waals surface area contributed by atoms with E-state index in [0.717, 1.165) is 101 Å². The van der Waals surface area contributed by atoms with Crippen LogP contribution in [0.25, 0.3) is 0 Å². The second-order valence-corrected chi connectivity index (χ2v) is 17.5. The maximum Gasteiger partial charge on any atom is 0.255 e. The highest BCUT2D eigenvalue weighted by molar-refractivity contribution is 6.06. The summed E-state index contributed by atoms with van der Waals surface area (Å²) >= 11 is 0. The van der Waals surface area contributed by atoms with Crippen LogP contribution in [0.4, 0.5) is 23.1 Å². The lowest BCUT2D eigenvalue weighted by atomic mass is 9.91. The van der Waals surface area contributed by atoms with E-state index in [1.54, 1.807) is 48.4 Å². The van der Waals surface area contributed by atoms with Gasteiger partial charge in [-0.3, -0.25) is 29.3 Å². The van der Waals surface area contributed by atoms with Crippen molar-refractivity contribution in [2.75, 3.05) is 35.8 Å². The van der Waals surface area contributed by atoms with Crippen molar-refractivity contribution in [1.82, 2.24) is 30.8 Å². The lowest BCUT2D eigenvalue weighted by Gasteiger charge is -2.43. The van der Waals surface area contributed by atoms with Gasteiger partial charge in [-0.25, -0.2) is 4.98 Å². The number of imide groups is 1. The van der Waals surface area contributed by atoms with Gasteiger partial charge in [0.1, 0.15) is 23.5 Å². The van der Waals surface area contributed by atoms with Crippen LogP contribution < -0.4 is 35.8 Å². The van der Waals surface area contributed by atoms with Gasteiger partial charge < -0.3 is 35.4 Å². The molecule has 332 valence electrons. The molecule has 2 aromatic carbocycles. The Morgan fingerprint density at radius 2 is 1.75 bits per heavy atom. The van der Waals surface area contributed by atoms with Gasteiger partial charge >= 0.3 is 0 Å². The summed E-state index contributed by atoms with van der Waals surface area (Å²) < 4.78 is 5.72. The molecule has 4 N–H and O–H groups in total. The van der Waals surface area contributed by atoms with Crippen LogP contribution in [0.3, 0.4) is 0 Å². The number of amides is 5. The summed E-state index contributed by atoms with van der Waals surface area (Å²) in [7, 11) is 3.37. The Bertz CT molecular complexity index is 2290. The number of carbonyl (C=O) groups excluding carboxylic acids is 5. The lowest BCUT2D eigenvalue weighted by Crippen LogP contribution is -2.55. The van der Waals surface area contributed by atoms with Crippen LogP contribution >= 0.6 is 0 Å². The Kier molecular flexibility index (Phi) is 13.6. The number of nitrogens with one attached hydrogen (secondary N) is 4. The summed E-state index contributed by atoms with van der Waals surface area (Å²) in [4.78, 5) is 78.5. The second kappa shape index (κ2) is 19.6. The number of aromatic nitrogens is 2. The summed E-state index contributed by atoms with van der Waals surface area (Å²) in [5, 5.41) is 12.6. The van der Waals surface area contributed by atoms with Gasteiger partial charge in [-0.1, -0.05) is 38.0 Å². The Morgan fingerprint density at radius 3 is 2.51 bits per heavy atom. The first-order valence-corrected chi connectivity index (χ1v) is 22.8. The number of rotatable bonds is 14. The highest BCUT2D eigenvalue weighted by Gasteiger charge is 2.42. The van der Waals surface area contributed by atoms with E-state index >= 15 is 0 Å². The quantitative estimate of drug-likeness (QED) is 0.0884. The van der Waals surface area contributed by atoms with Gasteiger partial charge in [-0.05, 0) is 113 Å². The summed E-state index contributed by atoms with van der Waals surface area (Å²) in [6.45, 7) is 3.34. The van der Waals surface area contributed by atoms with Gasteiger partial charge in [0.25, 0.3) is 11.8 Å². The first-order valence-electron chi connectivity index (χ1n) is 22.8. The number of hydrogen-bond donors (Lipinski definition) is 4. The number of anilines is 4. The van der Waals surface area contributed by atoms with Crippen LogP contribution in [0.15, 0.2) is 42.6 Å². The summed E-state index contributed by atoms with van der Waals surface area (Å²) in [5.74, 6) is 7.26. The molecule has 1 saturated heterocycles. The first-order chi connectivity index (χ1) is 30.6. The molecule has 2 saturated carbocycles. The minimum atomic E-state index is -0.620. The maximum atomic E-state index is 13.4. The van der Waals surface area contributed by atoms with Crippen molar-refractivity contribution in [2.24, 2.45) is 0 Å². The van der Waals surface area contributed by atoms with E-state index < -0.39 is 11.9 Å². The van der Waals surface area contributed by atoms with Gasteiger partial charge in [0.15, 0.2) is 5.82 Å². The van der Waals surface area contributed by atoms with E-state index in [4.69, 9.17) is 9.72 Å². The molecule has 2 aliphatic carbocycles. The van der Waals surface area contributed by atoms with Gasteiger partial charge in [0, 0.05) is 61.2 Å². The lowest BCUT2D eigenvalue weighted by molar-refractivity contribution is -0.137. The highest BCUT2D eigenvalue weighted by Crippen LogP contribution is 2.40. The standard InChI is InChI=1S/C48H59N9O6/c1-4-38-47(62)55(2)40-28-50-48(54-43(40)57(38)35-13-9-10-14-35)52-37-22-16-31(27-41(37)63-3)44(59)51-34-19-17-33(18-20-34)49-25-11-7-5-6-8-12-30-15-21-36-32(26-30)29-56(46(36)61)39-23-24-42(58)53-45(39)60/h15-16,21-22,26-28,33-35,38-39,49H,4-7,9-11,13-14,17-20,23-25,29H2,1-3H3,(H,51,59)(H,50,52,54)(H,53,58,60)/t33-,34+,38-,39?/m1/s1. The molecule has 3 fully saturated rings. The molecule has 15 heteroatoms. The van der Waals surface area contributed by atoms with Gasteiger partial charge in [-0.15, -0.1) is 0 Å². The van der Waals surface area contributed by atoms with Gasteiger partial charge in [-0.2, -0.15) is 4.98 Å². The number of fused-ring (bicyclic) bond motifs is 2. The molecule has 5 amide bonds. The Morgan fingerprint density at radius 1 is 0.952 bits per heavy atom. The number of benzene rings is 2. The summed E-state index contributed by atoms with van der Waals surface area (Å²) in [6, 6.07) is 10.9. The molecule has 0 radical (unpaired) electrons. The zero-order chi connectivity index (χ0) is 44.0. The third-order valence-corrected chi connectivity index (χ3v) is 13.4. The SMILES string of the molecule is CC[C@@H]1C(=O)N(C)c2cnc(Nc3ccc(C(=O)N[C@H]4CC[C@@H](NCCCCCC#Cc5ccc6c(c5)CN(C5CCC(=O)NC5=O)C6=O)CC4)cc3OC)nc2N1C1CCCC1. The molecule has 0 bridgehead atoms. The number of hydrogen-bond acceptors (Lipinski definition) is 11. The summed E-state index contributed by atoms with van der Waals surface area (Å²) in [5.41, 5.74) is 4.19. The van der Waals surface area contributed by atoms with E-state index in [1.807, 2.05) is 25.1 Å². The molecule has 0 spiro atoms. The minimum Gasteiger partial charge on any atom is -0.495 e. The number of likely N-dealkylation sites (N-methyl/N-ethyl adjacent to an activating group) is 1.